The number of allylic oxidation sites excluding steroid dienone is 1. The molecule has 0 saturated heterocycles. The molecule has 0 amide bonds. The summed E-state index contributed by atoms with van der Waals surface area (Å²) < 4.78 is 6.82. The van der Waals surface area contributed by atoms with Gasteiger partial charge < -0.3 is 10.1 Å². The molecule has 17 heavy (non-hydrogen) atoms. The van der Waals surface area contributed by atoms with E-state index in [0.717, 1.165) is 0 Å². The molecule has 1 heterocycles. The van der Waals surface area contributed by atoms with E-state index in [1.807, 2.05) is 6.92 Å². The number of hydrogen-bond donors (Lipinski definition) is 1. The highest BCUT2D eigenvalue weighted by atomic mass is 79.9. The summed E-state index contributed by atoms with van der Waals surface area (Å²) in [7, 11) is 1.63. The molecule has 0 saturated carbocycles. The van der Waals surface area contributed by atoms with Gasteiger partial charge in [-0.2, -0.15) is 5.10 Å². The van der Waals surface area contributed by atoms with Crippen LogP contribution in [0.5, 0.6) is 0 Å². The molecule has 6 heteroatoms. The Labute approximate surface area is 109 Å². The number of rotatable bonds is 6. The topological polar surface area (TPSA) is 56.1 Å². The van der Waals surface area contributed by atoms with Crippen molar-refractivity contribution in [2.75, 3.05) is 19.0 Å². The molecular weight excluding hydrogens is 286 g/mol. The lowest BCUT2D eigenvalue weighted by Gasteiger charge is -2.15. The molecule has 0 aliphatic rings. The highest BCUT2D eigenvalue weighted by molar-refractivity contribution is 9.10. The van der Waals surface area contributed by atoms with Gasteiger partial charge >= 0.3 is 0 Å². The van der Waals surface area contributed by atoms with Gasteiger partial charge in [0.25, 0.3) is 5.56 Å². The molecule has 0 aliphatic heterocycles. The quantitative estimate of drug-likeness (QED) is 0.812. The van der Waals surface area contributed by atoms with Crippen molar-refractivity contribution in [1.82, 2.24) is 9.78 Å². The Morgan fingerprint density at radius 3 is 3.06 bits per heavy atom. The fraction of sp³-hybridized carbons (Fsp3) is 0.455. The number of nitrogens with one attached hydrogen (secondary N) is 1. The van der Waals surface area contributed by atoms with E-state index >= 15 is 0 Å². The first kappa shape index (κ1) is 13.9. The van der Waals surface area contributed by atoms with Crippen LogP contribution in [0.4, 0.5) is 5.69 Å². The largest absolute Gasteiger partial charge is 0.383 e. The Bertz CT molecular complexity index is 445. The predicted octanol–water partition coefficient (Wildman–Crippen LogP) is 1.64. The predicted molar refractivity (Wildman–Crippen MR) is 71.4 cm³/mol. The molecule has 0 bridgehead atoms. The van der Waals surface area contributed by atoms with Crippen molar-refractivity contribution in [3.63, 3.8) is 0 Å². The van der Waals surface area contributed by atoms with Gasteiger partial charge in [-0.05, 0) is 22.9 Å². The molecule has 1 rings (SSSR count). The number of hydrogen-bond acceptors (Lipinski definition) is 4. The van der Waals surface area contributed by atoms with E-state index in [1.165, 1.54) is 4.68 Å². The maximum atomic E-state index is 11.9. The number of aromatic nitrogens is 2. The molecule has 1 N–H and O–H groups in total. The highest BCUT2D eigenvalue weighted by Crippen LogP contribution is 2.17. The fourth-order valence-electron chi connectivity index (χ4n) is 1.38. The average molecular weight is 302 g/mol. The minimum absolute atomic E-state index is 0.104. The van der Waals surface area contributed by atoms with E-state index in [9.17, 15) is 4.79 Å². The lowest BCUT2D eigenvalue weighted by molar-refractivity contribution is 0.190. The zero-order valence-corrected chi connectivity index (χ0v) is 11.5. The van der Waals surface area contributed by atoms with Gasteiger partial charge in [0.1, 0.15) is 4.47 Å². The van der Waals surface area contributed by atoms with Crippen LogP contribution >= 0.6 is 15.9 Å². The zero-order chi connectivity index (χ0) is 12.8. The molecule has 0 spiro atoms. The second-order valence-corrected chi connectivity index (χ2v) is 4.44. The Hall–Kier alpha value is -1.14. The third-order valence-corrected chi connectivity index (χ3v) is 2.87. The molecule has 0 aliphatic carbocycles. The summed E-state index contributed by atoms with van der Waals surface area (Å²) >= 11 is 3.27. The summed E-state index contributed by atoms with van der Waals surface area (Å²) in [6.07, 6.45) is 3.24. The van der Waals surface area contributed by atoms with Crippen LogP contribution in [0, 0.1) is 0 Å². The second-order valence-electron chi connectivity index (χ2n) is 3.65. The zero-order valence-electron chi connectivity index (χ0n) is 9.94. The molecule has 5 nitrogen and oxygen atoms in total. The molecule has 0 aromatic carbocycles. The van der Waals surface area contributed by atoms with Crippen LogP contribution in [0.1, 0.15) is 6.92 Å². The average Bonchev–Trinajstić information content (AvgIpc) is 2.29. The molecule has 94 valence electrons. The highest BCUT2D eigenvalue weighted by Gasteiger charge is 2.10. The lowest BCUT2D eigenvalue weighted by Crippen LogP contribution is -2.27. The van der Waals surface area contributed by atoms with Crippen molar-refractivity contribution in [1.29, 1.82) is 0 Å². The van der Waals surface area contributed by atoms with Gasteiger partial charge in [-0.1, -0.05) is 6.08 Å². The summed E-state index contributed by atoms with van der Waals surface area (Å²) in [5.41, 5.74) is 0.486. The molecule has 1 aromatic heterocycles. The standard InChI is InChI=1S/C11H16BrN3O2/c1-4-5-15-11(16)10(12)9(6-13-15)14-8(2)7-17-3/h4,6,8,14H,1,5,7H2,2-3H3. The molecule has 1 atom stereocenters. The number of ether oxygens (including phenoxy) is 1. The second kappa shape index (κ2) is 6.56. The Kier molecular flexibility index (Phi) is 5.37. The fourth-order valence-corrected chi connectivity index (χ4v) is 1.80. The lowest BCUT2D eigenvalue weighted by atomic mass is 10.3. The molecule has 1 aromatic rings. The third-order valence-electron chi connectivity index (χ3n) is 2.11. The van der Waals surface area contributed by atoms with E-state index in [-0.39, 0.29) is 11.6 Å². The molecule has 0 radical (unpaired) electrons. The first-order chi connectivity index (χ1) is 8.10. The van der Waals surface area contributed by atoms with Crippen molar-refractivity contribution in [2.45, 2.75) is 19.5 Å². The number of halogens is 1. The van der Waals surface area contributed by atoms with Crippen LogP contribution in [-0.4, -0.2) is 29.5 Å². The van der Waals surface area contributed by atoms with Crippen LogP contribution in [-0.2, 0) is 11.3 Å². The smallest absolute Gasteiger partial charge is 0.283 e. The van der Waals surface area contributed by atoms with Crippen LogP contribution in [0.15, 0.2) is 28.1 Å². The Balaban J connectivity index is 2.92. The van der Waals surface area contributed by atoms with E-state index in [0.29, 0.717) is 23.3 Å². The van der Waals surface area contributed by atoms with Gasteiger partial charge in [0, 0.05) is 13.2 Å². The van der Waals surface area contributed by atoms with E-state index in [4.69, 9.17) is 4.74 Å². The van der Waals surface area contributed by atoms with Gasteiger partial charge in [-0.15, -0.1) is 6.58 Å². The first-order valence-corrected chi connectivity index (χ1v) is 6.01. The minimum Gasteiger partial charge on any atom is -0.383 e. The summed E-state index contributed by atoms with van der Waals surface area (Å²) in [4.78, 5) is 11.9. The molecule has 1 unspecified atom stereocenters. The summed E-state index contributed by atoms with van der Waals surface area (Å²) in [5.74, 6) is 0. The van der Waals surface area contributed by atoms with Crippen LogP contribution in [0.2, 0.25) is 0 Å². The van der Waals surface area contributed by atoms with E-state index < -0.39 is 0 Å². The molecular formula is C11H16BrN3O2. The maximum absolute atomic E-state index is 11.9. The summed E-state index contributed by atoms with van der Waals surface area (Å²) in [6, 6.07) is 0.104. The van der Waals surface area contributed by atoms with Crippen LogP contribution in [0.25, 0.3) is 0 Å². The maximum Gasteiger partial charge on any atom is 0.283 e. The van der Waals surface area contributed by atoms with Crippen LogP contribution < -0.4 is 10.9 Å². The normalized spacial score (nSPS) is 12.2. The Morgan fingerprint density at radius 1 is 1.76 bits per heavy atom. The van der Waals surface area contributed by atoms with Crippen molar-refractivity contribution in [3.05, 3.63) is 33.7 Å². The van der Waals surface area contributed by atoms with Crippen molar-refractivity contribution in [3.8, 4) is 0 Å². The van der Waals surface area contributed by atoms with Crippen molar-refractivity contribution >= 4 is 21.6 Å². The summed E-state index contributed by atoms with van der Waals surface area (Å²) in [6.45, 7) is 6.49. The molecule has 0 fully saturated rings. The summed E-state index contributed by atoms with van der Waals surface area (Å²) in [5, 5.41) is 7.19. The van der Waals surface area contributed by atoms with Gasteiger partial charge in [0.05, 0.1) is 25.0 Å². The van der Waals surface area contributed by atoms with E-state index in [2.05, 4.69) is 32.9 Å². The van der Waals surface area contributed by atoms with Crippen LogP contribution in [0.3, 0.4) is 0 Å². The van der Waals surface area contributed by atoms with Crippen molar-refractivity contribution < 1.29 is 4.74 Å². The van der Waals surface area contributed by atoms with Crippen molar-refractivity contribution in [2.24, 2.45) is 0 Å². The number of methoxy groups -OCH3 is 1. The first-order valence-electron chi connectivity index (χ1n) is 5.22. The number of anilines is 1. The number of nitrogens with zero attached hydrogens (tertiary/aromatic N) is 2. The van der Waals surface area contributed by atoms with Gasteiger partial charge in [0.15, 0.2) is 0 Å². The minimum atomic E-state index is -0.181. The van der Waals surface area contributed by atoms with E-state index in [1.54, 1.807) is 19.4 Å². The Morgan fingerprint density at radius 2 is 2.47 bits per heavy atom. The SMILES string of the molecule is C=CCn1ncc(NC(C)COC)c(Br)c1=O. The van der Waals surface area contributed by atoms with Gasteiger partial charge in [-0.25, -0.2) is 4.68 Å². The van der Waals surface area contributed by atoms with Gasteiger partial charge in [-0.3, -0.25) is 4.79 Å². The monoisotopic (exact) mass is 301 g/mol. The van der Waals surface area contributed by atoms with Gasteiger partial charge in [0.2, 0.25) is 0 Å². The third kappa shape index (κ3) is 3.67.